The van der Waals surface area contributed by atoms with Gasteiger partial charge in [-0.15, -0.1) is 0 Å². The third-order valence-corrected chi connectivity index (χ3v) is 4.88. The lowest BCUT2D eigenvalue weighted by Crippen LogP contribution is -2.40. The summed E-state index contributed by atoms with van der Waals surface area (Å²) in [5, 5.41) is 7.98. The van der Waals surface area contributed by atoms with Crippen molar-refractivity contribution in [3.05, 3.63) is 70.5 Å². The van der Waals surface area contributed by atoms with Crippen LogP contribution in [0.2, 0.25) is 0 Å². The minimum absolute atomic E-state index is 0.0531. The van der Waals surface area contributed by atoms with Crippen LogP contribution in [0.1, 0.15) is 45.7 Å². The number of nitrogens with one attached hydrogen (secondary N) is 3. The molecule has 0 fully saturated rings. The minimum Gasteiger partial charge on any atom is -0.350 e. The van der Waals surface area contributed by atoms with Crippen LogP contribution in [0.5, 0.6) is 0 Å². The van der Waals surface area contributed by atoms with Crippen molar-refractivity contribution in [2.24, 2.45) is 0 Å². The fourth-order valence-electron chi connectivity index (χ4n) is 2.64. The zero-order valence-electron chi connectivity index (χ0n) is 18.3. The molecule has 0 bridgehead atoms. The highest BCUT2D eigenvalue weighted by molar-refractivity contribution is 5.94. The standard InChI is InChI=1S/C23H29FN4O3/c1-15(2)28(4)22(30)18-9-6-17(7-10-18)14-27-23(31)26-12-11-25-21(29)19-8-5-16(3)20(24)13-19/h5-10,13,15H,11-12,14H2,1-4H3,(H,25,29)(H2,26,27,31). The summed E-state index contributed by atoms with van der Waals surface area (Å²) in [5.41, 5.74) is 2.15. The monoisotopic (exact) mass is 428 g/mol. The predicted molar refractivity (Wildman–Crippen MR) is 117 cm³/mol. The maximum Gasteiger partial charge on any atom is 0.315 e. The van der Waals surface area contributed by atoms with E-state index in [2.05, 4.69) is 16.0 Å². The molecular formula is C23H29FN4O3. The number of benzene rings is 2. The largest absolute Gasteiger partial charge is 0.350 e. The van der Waals surface area contributed by atoms with Crippen LogP contribution in [0.15, 0.2) is 42.5 Å². The van der Waals surface area contributed by atoms with Gasteiger partial charge >= 0.3 is 6.03 Å². The van der Waals surface area contributed by atoms with Crippen LogP contribution in [0.4, 0.5) is 9.18 Å². The number of aryl methyl sites for hydroxylation is 1. The summed E-state index contributed by atoms with van der Waals surface area (Å²) >= 11 is 0. The van der Waals surface area contributed by atoms with Gasteiger partial charge in [0.1, 0.15) is 5.82 Å². The van der Waals surface area contributed by atoms with E-state index in [-0.39, 0.29) is 36.6 Å². The molecule has 0 aromatic heterocycles. The van der Waals surface area contributed by atoms with Crippen molar-refractivity contribution in [1.82, 2.24) is 20.9 Å². The molecule has 2 aromatic rings. The fraction of sp³-hybridized carbons (Fsp3) is 0.348. The Hall–Kier alpha value is -3.42. The second-order valence-corrected chi connectivity index (χ2v) is 7.54. The highest BCUT2D eigenvalue weighted by Crippen LogP contribution is 2.10. The van der Waals surface area contributed by atoms with Crippen LogP contribution in [-0.4, -0.2) is 48.9 Å². The molecule has 0 unspecified atom stereocenters. The summed E-state index contributed by atoms with van der Waals surface area (Å²) in [6, 6.07) is 11.1. The van der Waals surface area contributed by atoms with Crippen LogP contribution >= 0.6 is 0 Å². The van der Waals surface area contributed by atoms with Crippen molar-refractivity contribution >= 4 is 17.8 Å². The third-order valence-electron chi connectivity index (χ3n) is 4.88. The average Bonchev–Trinajstić information content (AvgIpc) is 2.76. The van der Waals surface area contributed by atoms with Crippen molar-refractivity contribution in [2.75, 3.05) is 20.1 Å². The Kier molecular flexibility index (Phi) is 8.54. The molecule has 0 aliphatic carbocycles. The summed E-state index contributed by atoms with van der Waals surface area (Å²) in [7, 11) is 1.76. The zero-order chi connectivity index (χ0) is 23.0. The SMILES string of the molecule is Cc1ccc(C(=O)NCCNC(=O)NCc2ccc(C(=O)N(C)C(C)C)cc2)cc1F. The first-order chi connectivity index (χ1) is 14.7. The highest BCUT2D eigenvalue weighted by atomic mass is 19.1. The van der Waals surface area contributed by atoms with Gasteiger partial charge in [-0.1, -0.05) is 18.2 Å². The topological polar surface area (TPSA) is 90.5 Å². The Balaban J connectivity index is 1.70. The van der Waals surface area contributed by atoms with Crippen LogP contribution in [0, 0.1) is 12.7 Å². The number of urea groups is 1. The van der Waals surface area contributed by atoms with Crippen LogP contribution in [0.25, 0.3) is 0 Å². The van der Waals surface area contributed by atoms with Gasteiger partial charge in [-0.3, -0.25) is 9.59 Å². The van der Waals surface area contributed by atoms with Gasteiger partial charge in [0, 0.05) is 43.9 Å². The van der Waals surface area contributed by atoms with E-state index in [0.29, 0.717) is 17.7 Å². The molecule has 0 spiro atoms. The number of halogens is 1. The van der Waals surface area contributed by atoms with Gasteiger partial charge in [-0.25, -0.2) is 9.18 Å². The molecule has 3 N–H and O–H groups in total. The number of rotatable bonds is 8. The third kappa shape index (κ3) is 7.09. The van der Waals surface area contributed by atoms with Crippen LogP contribution in [-0.2, 0) is 6.54 Å². The molecule has 0 atom stereocenters. The summed E-state index contributed by atoms with van der Waals surface area (Å²) in [6.45, 7) is 6.25. The Morgan fingerprint density at radius 1 is 0.935 bits per heavy atom. The molecule has 2 aromatic carbocycles. The van der Waals surface area contributed by atoms with Gasteiger partial charge < -0.3 is 20.9 Å². The number of carbonyl (C=O) groups excluding carboxylic acids is 3. The van der Waals surface area contributed by atoms with Crippen molar-refractivity contribution in [1.29, 1.82) is 0 Å². The summed E-state index contributed by atoms with van der Waals surface area (Å²) in [5.74, 6) is -0.893. The number of hydrogen-bond donors (Lipinski definition) is 3. The minimum atomic E-state index is -0.436. The molecular weight excluding hydrogens is 399 g/mol. The van der Waals surface area contributed by atoms with Gasteiger partial charge in [-0.05, 0) is 56.2 Å². The maximum atomic E-state index is 13.5. The molecule has 0 radical (unpaired) electrons. The number of hydrogen-bond acceptors (Lipinski definition) is 3. The molecule has 4 amide bonds. The molecule has 31 heavy (non-hydrogen) atoms. The maximum absolute atomic E-state index is 13.5. The van der Waals surface area contributed by atoms with Gasteiger partial charge in [0.25, 0.3) is 11.8 Å². The predicted octanol–water partition coefficient (Wildman–Crippen LogP) is 2.84. The zero-order valence-corrected chi connectivity index (χ0v) is 18.3. The van der Waals surface area contributed by atoms with Crippen molar-refractivity contribution in [2.45, 2.75) is 33.4 Å². The first-order valence-electron chi connectivity index (χ1n) is 10.1. The van der Waals surface area contributed by atoms with E-state index in [4.69, 9.17) is 0 Å². The van der Waals surface area contributed by atoms with Crippen LogP contribution < -0.4 is 16.0 Å². The van der Waals surface area contributed by atoms with Crippen molar-refractivity contribution < 1.29 is 18.8 Å². The van der Waals surface area contributed by atoms with E-state index in [0.717, 1.165) is 5.56 Å². The lowest BCUT2D eigenvalue weighted by Gasteiger charge is -2.21. The fourth-order valence-corrected chi connectivity index (χ4v) is 2.64. The second kappa shape index (κ2) is 11.1. The molecule has 7 nitrogen and oxygen atoms in total. The average molecular weight is 429 g/mol. The highest BCUT2D eigenvalue weighted by Gasteiger charge is 2.14. The Labute approximate surface area is 182 Å². The Morgan fingerprint density at radius 3 is 2.16 bits per heavy atom. The van der Waals surface area contributed by atoms with Crippen LogP contribution in [0.3, 0.4) is 0 Å². The van der Waals surface area contributed by atoms with E-state index in [9.17, 15) is 18.8 Å². The lowest BCUT2D eigenvalue weighted by atomic mass is 10.1. The van der Waals surface area contributed by atoms with E-state index >= 15 is 0 Å². The molecule has 0 aliphatic heterocycles. The molecule has 0 aliphatic rings. The number of nitrogens with zero attached hydrogens (tertiary/aromatic N) is 1. The van der Waals surface area contributed by atoms with Crippen molar-refractivity contribution in [3.63, 3.8) is 0 Å². The van der Waals surface area contributed by atoms with Gasteiger partial charge in [0.2, 0.25) is 0 Å². The summed E-state index contributed by atoms with van der Waals surface area (Å²) in [4.78, 5) is 37.8. The van der Waals surface area contributed by atoms with E-state index < -0.39 is 11.7 Å². The van der Waals surface area contributed by atoms with E-state index in [1.54, 1.807) is 55.3 Å². The molecule has 0 heterocycles. The summed E-state index contributed by atoms with van der Waals surface area (Å²) < 4.78 is 13.5. The summed E-state index contributed by atoms with van der Waals surface area (Å²) in [6.07, 6.45) is 0. The number of carbonyl (C=O) groups is 3. The molecule has 2 rings (SSSR count). The smallest absolute Gasteiger partial charge is 0.315 e. The molecule has 166 valence electrons. The van der Waals surface area contributed by atoms with Gasteiger partial charge in [0.15, 0.2) is 0 Å². The van der Waals surface area contributed by atoms with E-state index in [1.807, 2.05) is 13.8 Å². The number of amides is 4. The molecule has 8 heteroatoms. The Bertz CT molecular complexity index is 929. The first kappa shape index (κ1) is 23.9. The van der Waals surface area contributed by atoms with E-state index in [1.165, 1.54) is 6.07 Å². The van der Waals surface area contributed by atoms with Gasteiger partial charge in [-0.2, -0.15) is 0 Å². The molecule has 0 saturated carbocycles. The first-order valence-corrected chi connectivity index (χ1v) is 10.1. The second-order valence-electron chi connectivity index (χ2n) is 7.54. The lowest BCUT2D eigenvalue weighted by molar-refractivity contribution is 0.0754. The Morgan fingerprint density at radius 2 is 1.55 bits per heavy atom. The van der Waals surface area contributed by atoms with Gasteiger partial charge in [0.05, 0.1) is 0 Å². The normalized spacial score (nSPS) is 10.5. The van der Waals surface area contributed by atoms with Crippen molar-refractivity contribution in [3.8, 4) is 0 Å². The molecule has 0 saturated heterocycles. The quantitative estimate of drug-likeness (QED) is 0.565.